The third-order valence-electron chi connectivity index (χ3n) is 5.21. The summed E-state index contributed by atoms with van der Waals surface area (Å²) in [6, 6.07) is 8.46. The van der Waals surface area contributed by atoms with Gasteiger partial charge in [-0.2, -0.15) is 4.98 Å². The maximum absolute atomic E-state index is 12.3. The monoisotopic (exact) mass is 343 g/mol. The third-order valence-corrected chi connectivity index (χ3v) is 5.21. The summed E-state index contributed by atoms with van der Waals surface area (Å²) in [6.07, 6.45) is 5.20. The summed E-state index contributed by atoms with van der Waals surface area (Å²) in [5.74, 6) is 0.264. The second kappa shape index (κ2) is 7.44. The number of nitrogens with zero attached hydrogens (tertiary/aromatic N) is 2. The maximum atomic E-state index is 12.3. The van der Waals surface area contributed by atoms with Gasteiger partial charge in [0.25, 0.3) is 6.01 Å². The number of ether oxygens (including phenoxy) is 1. The topological polar surface area (TPSA) is 67.6 Å². The van der Waals surface area contributed by atoms with E-state index in [0.717, 1.165) is 69.4 Å². The molecule has 2 aliphatic heterocycles. The molecular weight excluding hydrogens is 318 g/mol. The molecule has 2 aromatic rings. The molecule has 2 aliphatic rings. The van der Waals surface area contributed by atoms with Crippen LogP contribution in [0.3, 0.4) is 0 Å². The molecule has 0 saturated carbocycles. The molecule has 6 heteroatoms. The summed E-state index contributed by atoms with van der Waals surface area (Å²) < 4.78 is 11.4. The van der Waals surface area contributed by atoms with Gasteiger partial charge < -0.3 is 19.4 Å². The fourth-order valence-electron chi connectivity index (χ4n) is 3.70. The highest BCUT2D eigenvalue weighted by Gasteiger charge is 2.27. The smallest absolute Gasteiger partial charge is 0.298 e. The number of nitrogens with one attached hydrogen (secondary N) is 1. The Bertz CT molecular complexity index is 683. The SMILES string of the molecule is O=C(NCCC1CCCO1)C1CCN(c2nc3ccccc3o2)CC1. The predicted molar refractivity (Wildman–Crippen MR) is 95.5 cm³/mol. The van der Waals surface area contributed by atoms with E-state index in [1.807, 2.05) is 24.3 Å². The van der Waals surface area contributed by atoms with E-state index in [2.05, 4.69) is 15.2 Å². The Balaban J connectivity index is 1.25. The van der Waals surface area contributed by atoms with Crippen LogP contribution in [0.1, 0.15) is 32.1 Å². The first-order chi connectivity index (χ1) is 12.3. The second-order valence-corrected chi connectivity index (χ2v) is 6.94. The molecule has 1 aromatic heterocycles. The lowest BCUT2D eigenvalue weighted by Gasteiger charge is -2.30. The number of aromatic nitrogens is 1. The Morgan fingerprint density at radius 3 is 2.84 bits per heavy atom. The van der Waals surface area contributed by atoms with Crippen molar-refractivity contribution in [2.45, 2.75) is 38.2 Å². The van der Waals surface area contributed by atoms with Crippen LogP contribution in [0.5, 0.6) is 0 Å². The minimum atomic E-state index is 0.0881. The molecule has 0 aliphatic carbocycles. The van der Waals surface area contributed by atoms with E-state index in [9.17, 15) is 4.79 Å². The first-order valence-electron chi connectivity index (χ1n) is 9.29. The molecule has 1 unspecified atom stereocenters. The first kappa shape index (κ1) is 16.4. The predicted octanol–water partition coefficient (Wildman–Crippen LogP) is 2.73. The number of benzene rings is 1. The van der Waals surface area contributed by atoms with Gasteiger partial charge >= 0.3 is 0 Å². The van der Waals surface area contributed by atoms with Crippen molar-refractivity contribution in [1.29, 1.82) is 0 Å². The summed E-state index contributed by atoms with van der Waals surface area (Å²) in [7, 11) is 0. The summed E-state index contributed by atoms with van der Waals surface area (Å²) in [4.78, 5) is 19.0. The van der Waals surface area contributed by atoms with Crippen molar-refractivity contribution < 1.29 is 13.9 Å². The summed E-state index contributed by atoms with van der Waals surface area (Å²) in [5, 5.41) is 3.08. The van der Waals surface area contributed by atoms with Crippen LogP contribution < -0.4 is 10.2 Å². The Morgan fingerprint density at radius 1 is 1.24 bits per heavy atom. The van der Waals surface area contributed by atoms with Crippen molar-refractivity contribution in [3.8, 4) is 0 Å². The minimum absolute atomic E-state index is 0.0881. The molecule has 25 heavy (non-hydrogen) atoms. The fourth-order valence-corrected chi connectivity index (χ4v) is 3.70. The lowest BCUT2D eigenvalue weighted by atomic mass is 9.96. The van der Waals surface area contributed by atoms with Gasteiger partial charge in [-0.05, 0) is 44.2 Å². The number of para-hydroxylation sites is 2. The van der Waals surface area contributed by atoms with Crippen LogP contribution in [0.2, 0.25) is 0 Å². The number of oxazole rings is 1. The fraction of sp³-hybridized carbons (Fsp3) is 0.579. The molecular formula is C19H25N3O3. The van der Waals surface area contributed by atoms with Crippen LogP contribution in [0.15, 0.2) is 28.7 Å². The molecule has 1 amide bonds. The number of piperidine rings is 1. The van der Waals surface area contributed by atoms with Gasteiger partial charge in [0.2, 0.25) is 5.91 Å². The summed E-state index contributed by atoms with van der Waals surface area (Å²) >= 11 is 0. The van der Waals surface area contributed by atoms with Crippen molar-refractivity contribution in [3.63, 3.8) is 0 Å². The van der Waals surface area contributed by atoms with E-state index in [-0.39, 0.29) is 11.8 Å². The minimum Gasteiger partial charge on any atom is -0.423 e. The average molecular weight is 343 g/mol. The van der Waals surface area contributed by atoms with Crippen LogP contribution in [0.4, 0.5) is 6.01 Å². The Labute approximate surface area is 147 Å². The zero-order valence-corrected chi connectivity index (χ0v) is 14.4. The van der Waals surface area contributed by atoms with Crippen LogP contribution in [-0.2, 0) is 9.53 Å². The molecule has 1 atom stereocenters. The van der Waals surface area contributed by atoms with Gasteiger partial charge in [0.05, 0.1) is 6.10 Å². The van der Waals surface area contributed by atoms with E-state index in [1.54, 1.807) is 0 Å². The summed E-state index contributed by atoms with van der Waals surface area (Å²) in [5.41, 5.74) is 1.69. The van der Waals surface area contributed by atoms with E-state index in [1.165, 1.54) is 0 Å². The molecule has 1 aromatic carbocycles. The number of carbonyl (C=O) groups is 1. The molecule has 2 saturated heterocycles. The molecule has 1 N–H and O–H groups in total. The quantitative estimate of drug-likeness (QED) is 0.904. The van der Waals surface area contributed by atoms with Crippen molar-refractivity contribution in [1.82, 2.24) is 10.3 Å². The Morgan fingerprint density at radius 2 is 2.08 bits per heavy atom. The molecule has 6 nitrogen and oxygen atoms in total. The molecule has 3 heterocycles. The molecule has 0 radical (unpaired) electrons. The molecule has 0 spiro atoms. The largest absolute Gasteiger partial charge is 0.423 e. The molecule has 2 fully saturated rings. The maximum Gasteiger partial charge on any atom is 0.298 e. The van der Waals surface area contributed by atoms with Crippen LogP contribution in [0.25, 0.3) is 11.1 Å². The normalized spacial score (nSPS) is 21.8. The highest BCUT2D eigenvalue weighted by atomic mass is 16.5. The van der Waals surface area contributed by atoms with Gasteiger partial charge in [-0.3, -0.25) is 4.79 Å². The lowest BCUT2D eigenvalue weighted by Crippen LogP contribution is -2.41. The van der Waals surface area contributed by atoms with Gasteiger partial charge in [-0.1, -0.05) is 12.1 Å². The van der Waals surface area contributed by atoms with Crippen LogP contribution in [-0.4, -0.2) is 43.2 Å². The van der Waals surface area contributed by atoms with Gasteiger partial charge in [-0.25, -0.2) is 0 Å². The number of carbonyl (C=O) groups excluding carboxylic acids is 1. The lowest BCUT2D eigenvalue weighted by molar-refractivity contribution is -0.125. The van der Waals surface area contributed by atoms with E-state index in [4.69, 9.17) is 9.15 Å². The van der Waals surface area contributed by atoms with Gasteiger partial charge in [0.1, 0.15) is 5.52 Å². The summed E-state index contributed by atoms with van der Waals surface area (Å²) in [6.45, 7) is 3.19. The number of anilines is 1. The van der Waals surface area contributed by atoms with Gasteiger partial charge in [-0.15, -0.1) is 0 Å². The van der Waals surface area contributed by atoms with E-state index in [0.29, 0.717) is 12.1 Å². The zero-order chi connectivity index (χ0) is 17.1. The Kier molecular flexibility index (Phi) is 4.88. The van der Waals surface area contributed by atoms with Crippen molar-refractivity contribution in [2.75, 3.05) is 31.1 Å². The second-order valence-electron chi connectivity index (χ2n) is 6.94. The average Bonchev–Trinajstić information content (AvgIpc) is 3.31. The third kappa shape index (κ3) is 3.79. The number of hydrogen-bond acceptors (Lipinski definition) is 5. The van der Waals surface area contributed by atoms with Crippen LogP contribution >= 0.6 is 0 Å². The van der Waals surface area contributed by atoms with Gasteiger partial charge in [0, 0.05) is 32.2 Å². The van der Waals surface area contributed by atoms with E-state index < -0.39 is 0 Å². The van der Waals surface area contributed by atoms with Crippen molar-refractivity contribution >= 4 is 23.0 Å². The highest BCUT2D eigenvalue weighted by Crippen LogP contribution is 2.26. The van der Waals surface area contributed by atoms with Gasteiger partial charge in [0.15, 0.2) is 5.58 Å². The molecule has 134 valence electrons. The van der Waals surface area contributed by atoms with E-state index >= 15 is 0 Å². The molecule has 0 bridgehead atoms. The zero-order valence-electron chi connectivity index (χ0n) is 14.4. The number of hydrogen-bond donors (Lipinski definition) is 1. The Hall–Kier alpha value is -2.08. The van der Waals surface area contributed by atoms with Crippen molar-refractivity contribution in [2.24, 2.45) is 5.92 Å². The first-order valence-corrected chi connectivity index (χ1v) is 9.29. The number of fused-ring (bicyclic) bond motifs is 1. The number of rotatable bonds is 5. The number of amides is 1. The van der Waals surface area contributed by atoms with Crippen LogP contribution in [0, 0.1) is 5.92 Å². The molecule has 4 rings (SSSR count). The highest BCUT2D eigenvalue weighted by molar-refractivity contribution is 5.79. The standard InChI is InChI=1S/C19H25N3O3/c23-18(20-10-7-15-4-3-13-24-15)14-8-11-22(12-9-14)19-21-16-5-1-2-6-17(16)25-19/h1-2,5-6,14-15H,3-4,7-13H2,(H,20,23). The van der Waals surface area contributed by atoms with Crippen molar-refractivity contribution in [3.05, 3.63) is 24.3 Å².